The molecule has 1 aliphatic rings. The molecule has 2 N–H and O–H groups in total. The lowest BCUT2D eigenvalue weighted by Crippen LogP contribution is -2.51. The van der Waals surface area contributed by atoms with Crippen LogP contribution in [0.4, 0.5) is 14.5 Å². The summed E-state index contributed by atoms with van der Waals surface area (Å²) in [6.45, 7) is -2.56. The third-order valence-corrected chi connectivity index (χ3v) is 7.66. The zero-order chi connectivity index (χ0) is 24.7. The molecule has 0 saturated carbocycles. The van der Waals surface area contributed by atoms with Crippen molar-refractivity contribution >= 4 is 27.1 Å². The van der Waals surface area contributed by atoms with Crippen LogP contribution in [0.1, 0.15) is 10.4 Å². The molecule has 14 heteroatoms. The van der Waals surface area contributed by atoms with Gasteiger partial charge in [0.05, 0.1) is 22.0 Å². The summed E-state index contributed by atoms with van der Waals surface area (Å²) in [7, 11) is -2.14. The Morgan fingerprint density at radius 3 is 2.83 bits per heavy atom. The molecule has 0 bridgehead atoms. The van der Waals surface area contributed by atoms with Crippen molar-refractivity contribution in [1.82, 2.24) is 29.7 Å². The van der Waals surface area contributed by atoms with Crippen LogP contribution in [0.25, 0.3) is 16.9 Å². The van der Waals surface area contributed by atoms with Crippen molar-refractivity contribution < 1.29 is 26.7 Å². The molecule has 1 aliphatic heterocycles. The average molecular weight is 503 g/mol. The number of rotatable bonds is 7. The van der Waals surface area contributed by atoms with Crippen molar-refractivity contribution in [3.63, 3.8) is 0 Å². The number of hydrogen-bond acceptors (Lipinski definition) is 8. The fraction of sp³-hybridized carbons (Fsp3) is 0.238. The van der Waals surface area contributed by atoms with Gasteiger partial charge in [0.15, 0.2) is 15.5 Å². The molecule has 0 aliphatic carbocycles. The number of benzene rings is 1. The average Bonchev–Trinajstić information content (AvgIpc) is 3.35. The summed E-state index contributed by atoms with van der Waals surface area (Å²) in [6.07, 6.45) is 5.96. The molecule has 3 aromatic heterocycles. The van der Waals surface area contributed by atoms with E-state index in [1.807, 2.05) is 0 Å². The van der Waals surface area contributed by atoms with Crippen molar-refractivity contribution in [3.05, 3.63) is 54.6 Å². The molecule has 0 atom stereocenters. The van der Waals surface area contributed by atoms with Gasteiger partial charge in [0.2, 0.25) is 0 Å². The van der Waals surface area contributed by atoms with E-state index >= 15 is 0 Å². The van der Waals surface area contributed by atoms with Gasteiger partial charge in [-0.25, -0.2) is 17.9 Å². The molecule has 11 nitrogen and oxygen atoms in total. The van der Waals surface area contributed by atoms with Crippen molar-refractivity contribution in [2.24, 2.45) is 7.05 Å². The summed E-state index contributed by atoms with van der Waals surface area (Å²) in [5.74, 6) is -0.842. The number of anilines is 1. The first-order valence-electron chi connectivity index (χ1n) is 10.4. The number of nitrogens with one attached hydrogen (secondary N) is 2. The standard InChI is InChI=1S/C21H19F2N7O4S/c1-29-11-16(27-20(31)15-10-26-30-6-2-5-25-19(15)30)18(28-29)14-7-12(3-4-17(14)34-21(22)23)35(32,33)13-8-24-9-13/h2-7,10-11,13,21,24H,8-9H2,1H3,(H,27,31). The molecule has 4 aromatic rings. The van der Waals surface area contributed by atoms with Crippen molar-refractivity contribution in [3.8, 4) is 17.0 Å². The molecule has 1 amide bonds. The van der Waals surface area contributed by atoms with E-state index in [1.54, 1.807) is 19.3 Å². The number of aryl methyl sites for hydroxylation is 1. The summed E-state index contributed by atoms with van der Waals surface area (Å²) in [5, 5.41) is 13.3. The maximum Gasteiger partial charge on any atom is 0.387 e. The lowest BCUT2D eigenvalue weighted by atomic mass is 10.1. The molecular weight excluding hydrogens is 484 g/mol. The zero-order valence-corrected chi connectivity index (χ0v) is 19.0. The second-order valence-corrected chi connectivity index (χ2v) is 10.1. The number of carbonyl (C=O) groups is 1. The second kappa shape index (κ2) is 8.70. The molecule has 1 saturated heterocycles. The van der Waals surface area contributed by atoms with E-state index in [1.165, 1.54) is 39.9 Å². The number of alkyl halides is 2. The van der Waals surface area contributed by atoms with E-state index in [4.69, 9.17) is 0 Å². The predicted molar refractivity (Wildman–Crippen MR) is 120 cm³/mol. The van der Waals surface area contributed by atoms with Crippen molar-refractivity contribution in [1.29, 1.82) is 0 Å². The number of aromatic nitrogens is 5. The number of amides is 1. The first-order valence-corrected chi connectivity index (χ1v) is 12.0. The topological polar surface area (TPSA) is 133 Å². The quantitative estimate of drug-likeness (QED) is 0.390. The van der Waals surface area contributed by atoms with Gasteiger partial charge in [-0.1, -0.05) is 0 Å². The number of ether oxygens (including phenoxy) is 1. The summed E-state index contributed by atoms with van der Waals surface area (Å²) in [5.41, 5.74) is 0.710. The maximum atomic E-state index is 13.1. The smallest absolute Gasteiger partial charge is 0.387 e. The Bertz CT molecular complexity index is 1530. The van der Waals surface area contributed by atoms with E-state index in [2.05, 4.69) is 30.6 Å². The fourth-order valence-corrected chi connectivity index (χ4v) is 5.30. The number of nitrogens with zero attached hydrogens (tertiary/aromatic N) is 5. The lowest BCUT2D eigenvalue weighted by molar-refractivity contribution is -0.0494. The molecule has 0 unspecified atom stereocenters. The van der Waals surface area contributed by atoms with E-state index in [-0.39, 0.29) is 33.2 Å². The summed E-state index contributed by atoms with van der Waals surface area (Å²) < 4.78 is 59.6. The van der Waals surface area contributed by atoms with Gasteiger partial charge >= 0.3 is 6.61 Å². The highest BCUT2D eigenvalue weighted by atomic mass is 32.2. The Morgan fingerprint density at radius 2 is 2.11 bits per heavy atom. The van der Waals surface area contributed by atoms with Crippen LogP contribution in [0.3, 0.4) is 0 Å². The fourth-order valence-electron chi connectivity index (χ4n) is 3.70. The monoisotopic (exact) mass is 503 g/mol. The Morgan fingerprint density at radius 1 is 1.31 bits per heavy atom. The lowest BCUT2D eigenvalue weighted by Gasteiger charge is -2.27. The molecule has 35 heavy (non-hydrogen) atoms. The van der Waals surface area contributed by atoms with Crippen LogP contribution in [-0.4, -0.2) is 63.7 Å². The van der Waals surface area contributed by atoms with Crippen molar-refractivity contribution in [2.45, 2.75) is 16.8 Å². The van der Waals surface area contributed by atoms with Gasteiger partial charge < -0.3 is 15.4 Å². The Balaban J connectivity index is 1.56. The van der Waals surface area contributed by atoms with E-state index in [9.17, 15) is 22.0 Å². The van der Waals surface area contributed by atoms with Crippen LogP contribution in [-0.2, 0) is 16.9 Å². The molecule has 0 radical (unpaired) electrons. The van der Waals surface area contributed by atoms with Crippen LogP contribution in [0.15, 0.2) is 53.9 Å². The highest BCUT2D eigenvalue weighted by Gasteiger charge is 2.33. The Hall–Kier alpha value is -3.91. The minimum atomic E-state index is -3.71. The normalized spacial score (nSPS) is 14.3. The van der Waals surface area contributed by atoms with Gasteiger partial charge in [0, 0.05) is 44.3 Å². The molecule has 4 heterocycles. The summed E-state index contributed by atoms with van der Waals surface area (Å²) >= 11 is 0. The van der Waals surface area contributed by atoms with Crippen LogP contribution in [0.2, 0.25) is 0 Å². The first-order chi connectivity index (χ1) is 16.7. The van der Waals surface area contributed by atoms with Gasteiger partial charge in [0.1, 0.15) is 17.0 Å². The van der Waals surface area contributed by atoms with Gasteiger partial charge in [0.25, 0.3) is 5.91 Å². The molecule has 0 spiro atoms. The van der Waals surface area contributed by atoms with Gasteiger partial charge in [-0.05, 0) is 24.3 Å². The Kier molecular flexibility index (Phi) is 5.68. The number of hydrogen-bond donors (Lipinski definition) is 2. The van der Waals surface area contributed by atoms with Crippen LogP contribution in [0, 0.1) is 0 Å². The number of fused-ring (bicyclic) bond motifs is 1. The third-order valence-electron chi connectivity index (χ3n) is 5.53. The van der Waals surface area contributed by atoms with E-state index in [0.29, 0.717) is 18.7 Å². The minimum Gasteiger partial charge on any atom is -0.434 e. The highest BCUT2D eigenvalue weighted by molar-refractivity contribution is 7.92. The van der Waals surface area contributed by atoms with Gasteiger partial charge in [-0.3, -0.25) is 9.48 Å². The minimum absolute atomic E-state index is 0.00690. The maximum absolute atomic E-state index is 13.1. The summed E-state index contributed by atoms with van der Waals surface area (Å²) in [4.78, 5) is 17.1. The van der Waals surface area contributed by atoms with Gasteiger partial charge in [-0.2, -0.15) is 19.0 Å². The number of sulfone groups is 1. The second-order valence-electron chi connectivity index (χ2n) is 7.83. The predicted octanol–water partition coefficient (Wildman–Crippen LogP) is 1.73. The van der Waals surface area contributed by atoms with E-state index in [0.717, 1.165) is 6.07 Å². The van der Waals surface area contributed by atoms with Crippen LogP contribution >= 0.6 is 0 Å². The third kappa shape index (κ3) is 4.21. The molecule has 1 fully saturated rings. The largest absolute Gasteiger partial charge is 0.434 e. The summed E-state index contributed by atoms with van der Waals surface area (Å²) in [6, 6.07) is 5.28. The van der Waals surface area contributed by atoms with Crippen LogP contribution < -0.4 is 15.4 Å². The Labute approximate surface area is 197 Å². The molecule has 182 valence electrons. The SMILES string of the molecule is Cn1cc(NC(=O)c2cnn3cccnc23)c(-c2cc(S(=O)(=O)C3CNC3)ccc2OC(F)F)n1. The number of carbonyl (C=O) groups excluding carboxylic acids is 1. The van der Waals surface area contributed by atoms with Crippen molar-refractivity contribution in [2.75, 3.05) is 18.4 Å². The zero-order valence-electron chi connectivity index (χ0n) is 18.2. The van der Waals surface area contributed by atoms with Gasteiger partial charge in [-0.15, -0.1) is 0 Å². The van der Waals surface area contributed by atoms with E-state index < -0.39 is 27.6 Å². The first kappa shape index (κ1) is 22.9. The molecule has 1 aromatic carbocycles. The number of halogens is 2. The van der Waals surface area contributed by atoms with Crippen LogP contribution in [0.5, 0.6) is 5.75 Å². The molecule has 5 rings (SSSR count). The molecular formula is C21H19F2N7O4S. The highest BCUT2D eigenvalue weighted by Crippen LogP contribution is 2.37.